The summed E-state index contributed by atoms with van der Waals surface area (Å²) in [7, 11) is -3.37. The second kappa shape index (κ2) is 7.56. The molecule has 4 rings (SSSR count). The summed E-state index contributed by atoms with van der Waals surface area (Å²) in [5, 5.41) is 2.90. The van der Waals surface area contributed by atoms with E-state index in [4.69, 9.17) is 4.42 Å². The highest BCUT2D eigenvalue weighted by Crippen LogP contribution is 2.27. The summed E-state index contributed by atoms with van der Waals surface area (Å²) in [6.07, 6.45) is 2.67. The van der Waals surface area contributed by atoms with E-state index >= 15 is 0 Å². The predicted molar refractivity (Wildman–Crippen MR) is 109 cm³/mol. The molecular weight excluding hydrogens is 390 g/mol. The van der Waals surface area contributed by atoms with Gasteiger partial charge in [0.1, 0.15) is 6.54 Å². The van der Waals surface area contributed by atoms with Gasteiger partial charge in [0.2, 0.25) is 5.91 Å². The Morgan fingerprint density at radius 2 is 1.90 bits per heavy atom. The van der Waals surface area contributed by atoms with Gasteiger partial charge < -0.3 is 14.3 Å². The van der Waals surface area contributed by atoms with E-state index < -0.39 is 9.84 Å². The fraction of sp³-hybridized carbons (Fsp3) is 0.143. The van der Waals surface area contributed by atoms with E-state index in [-0.39, 0.29) is 17.3 Å². The van der Waals surface area contributed by atoms with E-state index in [1.807, 2.05) is 30.3 Å². The number of sulfone groups is 1. The summed E-state index contributed by atoms with van der Waals surface area (Å²) in [6, 6.07) is 17.8. The molecule has 2 aromatic carbocycles. The maximum absolute atomic E-state index is 12.6. The number of rotatable bonds is 6. The van der Waals surface area contributed by atoms with Crippen LogP contribution in [0.25, 0.3) is 22.6 Å². The summed E-state index contributed by atoms with van der Waals surface area (Å²) in [4.78, 5) is 17.3. The number of benzene rings is 2. The number of nitrogens with one attached hydrogen (secondary N) is 1. The largest absolute Gasteiger partial charge is 0.461 e. The zero-order valence-electron chi connectivity index (χ0n) is 15.7. The molecule has 2 heterocycles. The van der Waals surface area contributed by atoms with E-state index in [0.29, 0.717) is 29.2 Å². The van der Waals surface area contributed by atoms with Gasteiger partial charge in [0.25, 0.3) is 0 Å². The average molecular weight is 409 g/mol. The number of hydrogen-bond acceptors (Lipinski definition) is 5. The summed E-state index contributed by atoms with van der Waals surface area (Å²) in [5.74, 6) is 0.775. The molecule has 4 aromatic rings. The molecular formula is C21H19N3O4S. The smallest absolute Gasteiger partial charge is 0.240 e. The minimum Gasteiger partial charge on any atom is -0.461 e. The van der Waals surface area contributed by atoms with Crippen LogP contribution in [0.2, 0.25) is 0 Å². The monoisotopic (exact) mass is 409 g/mol. The number of amides is 1. The van der Waals surface area contributed by atoms with Crippen molar-refractivity contribution < 1.29 is 17.6 Å². The maximum Gasteiger partial charge on any atom is 0.240 e. The van der Waals surface area contributed by atoms with Gasteiger partial charge in [0.05, 0.1) is 22.2 Å². The highest BCUT2D eigenvalue weighted by atomic mass is 32.2. The lowest BCUT2D eigenvalue weighted by Gasteiger charge is -2.09. The third-order valence-electron chi connectivity index (χ3n) is 4.52. The minimum atomic E-state index is -3.37. The molecule has 2 aromatic heterocycles. The second-order valence-corrected chi connectivity index (χ2v) is 8.70. The van der Waals surface area contributed by atoms with Crippen molar-refractivity contribution in [2.24, 2.45) is 0 Å². The van der Waals surface area contributed by atoms with Gasteiger partial charge >= 0.3 is 0 Å². The van der Waals surface area contributed by atoms with Gasteiger partial charge in [-0.2, -0.15) is 0 Å². The van der Waals surface area contributed by atoms with Gasteiger partial charge in [0, 0.05) is 12.8 Å². The highest BCUT2D eigenvalue weighted by molar-refractivity contribution is 7.90. The number of imidazole rings is 1. The molecule has 7 nitrogen and oxygen atoms in total. The molecule has 0 fully saturated rings. The molecule has 0 saturated heterocycles. The first-order chi connectivity index (χ1) is 13.9. The van der Waals surface area contributed by atoms with Crippen molar-refractivity contribution in [3.63, 3.8) is 0 Å². The standard InChI is InChI=1S/C21H19N3O4S/c1-29(26,27)16-9-10-18-17(12-16)23-21(19-8-5-11-28-19)24(18)14-20(25)22-13-15-6-3-2-4-7-15/h2-12H,13-14H2,1H3,(H,22,25). The summed E-state index contributed by atoms with van der Waals surface area (Å²) in [6.45, 7) is 0.443. The number of carbonyl (C=O) groups excluding carboxylic acids is 1. The molecule has 0 radical (unpaired) electrons. The Balaban J connectivity index is 1.68. The van der Waals surface area contributed by atoms with Crippen LogP contribution in [0.1, 0.15) is 5.56 Å². The molecule has 1 amide bonds. The fourth-order valence-corrected chi connectivity index (χ4v) is 3.73. The topological polar surface area (TPSA) is 94.2 Å². The fourth-order valence-electron chi connectivity index (χ4n) is 3.09. The van der Waals surface area contributed by atoms with E-state index in [0.717, 1.165) is 11.8 Å². The van der Waals surface area contributed by atoms with Crippen molar-refractivity contribution in [1.82, 2.24) is 14.9 Å². The Morgan fingerprint density at radius 1 is 1.10 bits per heavy atom. The van der Waals surface area contributed by atoms with E-state index in [9.17, 15) is 13.2 Å². The molecule has 0 spiro atoms. The molecule has 8 heteroatoms. The first kappa shape index (κ1) is 18.9. The molecule has 0 saturated carbocycles. The van der Waals surface area contributed by atoms with Gasteiger partial charge in [-0.3, -0.25) is 4.79 Å². The first-order valence-electron chi connectivity index (χ1n) is 8.97. The molecule has 1 N–H and O–H groups in total. The third kappa shape index (κ3) is 4.07. The Morgan fingerprint density at radius 3 is 2.59 bits per heavy atom. The summed E-state index contributed by atoms with van der Waals surface area (Å²) in [5.41, 5.74) is 2.13. The SMILES string of the molecule is CS(=O)(=O)c1ccc2c(c1)nc(-c1ccco1)n2CC(=O)NCc1ccccc1. The predicted octanol–water partition coefficient (Wildman–Crippen LogP) is 3.02. The number of furan rings is 1. The lowest BCUT2D eigenvalue weighted by molar-refractivity contribution is -0.121. The van der Waals surface area contributed by atoms with Crippen LogP contribution in [-0.2, 0) is 27.7 Å². The normalized spacial score (nSPS) is 11.6. The number of hydrogen-bond donors (Lipinski definition) is 1. The second-order valence-electron chi connectivity index (χ2n) is 6.68. The molecule has 148 valence electrons. The first-order valence-corrected chi connectivity index (χ1v) is 10.9. The van der Waals surface area contributed by atoms with Gasteiger partial charge in [0.15, 0.2) is 21.4 Å². The van der Waals surface area contributed by atoms with Crippen molar-refractivity contribution >= 4 is 26.8 Å². The van der Waals surface area contributed by atoms with Crippen LogP contribution in [0.15, 0.2) is 76.2 Å². The van der Waals surface area contributed by atoms with Crippen molar-refractivity contribution in [2.75, 3.05) is 6.26 Å². The molecule has 0 unspecified atom stereocenters. The van der Waals surface area contributed by atoms with Crippen molar-refractivity contribution in [3.8, 4) is 11.6 Å². The number of carbonyl (C=O) groups is 1. The number of aromatic nitrogens is 2. The molecule has 0 aliphatic rings. The van der Waals surface area contributed by atoms with E-state index in [1.165, 1.54) is 18.4 Å². The third-order valence-corrected chi connectivity index (χ3v) is 5.63. The Labute approximate surface area is 167 Å². The van der Waals surface area contributed by atoms with Crippen LogP contribution >= 0.6 is 0 Å². The van der Waals surface area contributed by atoms with Gasteiger partial charge in [-0.25, -0.2) is 13.4 Å². The van der Waals surface area contributed by atoms with Crippen LogP contribution < -0.4 is 5.32 Å². The minimum absolute atomic E-state index is 0.0254. The van der Waals surface area contributed by atoms with Crippen LogP contribution in [0, 0.1) is 0 Å². The maximum atomic E-state index is 12.6. The number of fused-ring (bicyclic) bond motifs is 1. The zero-order chi connectivity index (χ0) is 20.4. The summed E-state index contributed by atoms with van der Waals surface area (Å²) < 4.78 is 30.9. The Bertz CT molecular complexity index is 1260. The molecule has 29 heavy (non-hydrogen) atoms. The molecule has 0 aliphatic heterocycles. The van der Waals surface area contributed by atoms with Crippen LogP contribution in [-0.4, -0.2) is 30.1 Å². The van der Waals surface area contributed by atoms with Gasteiger partial charge in [-0.1, -0.05) is 30.3 Å². The average Bonchev–Trinajstić information content (AvgIpc) is 3.34. The van der Waals surface area contributed by atoms with Gasteiger partial charge in [-0.05, 0) is 35.9 Å². The van der Waals surface area contributed by atoms with Crippen LogP contribution in [0.4, 0.5) is 0 Å². The molecule has 0 atom stereocenters. The van der Waals surface area contributed by atoms with Crippen LogP contribution in [0.5, 0.6) is 0 Å². The zero-order valence-corrected chi connectivity index (χ0v) is 16.5. The molecule has 0 aliphatic carbocycles. The van der Waals surface area contributed by atoms with Crippen LogP contribution in [0.3, 0.4) is 0 Å². The number of nitrogens with zero attached hydrogens (tertiary/aromatic N) is 2. The van der Waals surface area contributed by atoms with Crippen molar-refractivity contribution in [3.05, 3.63) is 72.5 Å². The lowest BCUT2D eigenvalue weighted by Crippen LogP contribution is -2.27. The highest BCUT2D eigenvalue weighted by Gasteiger charge is 2.19. The lowest BCUT2D eigenvalue weighted by atomic mass is 10.2. The Kier molecular flexibility index (Phi) is 4.94. The quantitative estimate of drug-likeness (QED) is 0.528. The van der Waals surface area contributed by atoms with E-state index in [2.05, 4.69) is 10.3 Å². The van der Waals surface area contributed by atoms with E-state index in [1.54, 1.807) is 22.8 Å². The molecule has 0 bridgehead atoms. The van der Waals surface area contributed by atoms with Crippen molar-refractivity contribution in [2.45, 2.75) is 18.0 Å². The van der Waals surface area contributed by atoms with Crippen molar-refractivity contribution in [1.29, 1.82) is 0 Å². The summed E-state index contributed by atoms with van der Waals surface area (Å²) >= 11 is 0. The van der Waals surface area contributed by atoms with Gasteiger partial charge in [-0.15, -0.1) is 0 Å². The Hall–Kier alpha value is -3.39.